The zero-order chi connectivity index (χ0) is 21.9. The summed E-state index contributed by atoms with van der Waals surface area (Å²) in [6.07, 6.45) is 4.17. The van der Waals surface area contributed by atoms with Crippen molar-refractivity contribution in [2.45, 2.75) is 6.42 Å². The Morgan fingerprint density at radius 3 is 2.44 bits per heavy atom. The lowest BCUT2D eigenvalue weighted by atomic mass is 10.1. The number of hydrogen-bond donors (Lipinski definition) is 0. The van der Waals surface area contributed by atoms with Crippen molar-refractivity contribution < 1.29 is 9.18 Å². The number of anilines is 1. The van der Waals surface area contributed by atoms with Crippen LogP contribution in [0.2, 0.25) is 0 Å². The van der Waals surface area contributed by atoms with Crippen LogP contribution in [0.25, 0.3) is 5.69 Å². The summed E-state index contributed by atoms with van der Waals surface area (Å²) in [7, 11) is 0. The molecule has 1 aliphatic rings. The molecule has 0 N–H and O–H groups in total. The van der Waals surface area contributed by atoms with Gasteiger partial charge in [-0.25, -0.2) is 14.1 Å². The maximum absolute atomic E-state index is 13.1. The lowest BCUT2D eigenvalue weighted by molar-refractivity contribution is 0.0747. The summed E-state index contributed by atoms with van der Waals surface area (Å²) in [4.78, 5) is 21.6. The fourth-order valence-corrected chi connectivity index (χ4v) is 4.43. The number of hydrogen-bond acceptors (Lipinski definition) is 6. The fourth-order valence-electron chi connectivity index (χ4n) is 3.69. The van der Waals surface area contributed by atoms with E-state index in [1.54, 1.807) is 23.0 Å². The first-order valence-corrected chi connectivity index (χ1v) is 11.1. The van der Waals surface area contributed by atoms with E-state index in [0.717, 1.165) is 22.2 Å². The maximum Gasteiger partial charge on any atom is 0.253 e. The van der Waals surface area contributed by atoms with E-state index < -0.39 is 0 Å². The lowest BCUT2D eigenvalue weighted by Crippen LogP contribution is -2.48. The Balaban J connectivity index is 1.17. The number of nitrogens with zero attached hydrogens (tertiary/aromatic N) is 6. The van der Waals surface area contributed by atoms with Gasteiger partial charge in [-0.1, -0.05) is 12.1 Å². The molecule has 0 saturated carbocycles. The van der Waals surface area contributed by atoms with Crippen molar-refractivity contribution >= 4 is 22.6 Å². The van der Waals surface area contributed by atoms with Gasteiger partial charge in [0.05, 0.1) is 5.69 Å². The zero-order valence-corrected chi connectivity index (χ0v) is 18.1. The third-order valence-electron chi connectivity index (χ3n) is 5.45. The largest absolute Gasteiger partial charge is 0.343 e. The molecule has 1 fully saturated rings. The number of rotatable bonds is 5. The molecule has 32 heavy (non-hydrogen) atoms. The molecule has 0 bridgehead atoms. The first kappa shape index (κ1) is 20.3. The van der Waals surface area contributed by atoms with Gasteiger partial charge in [-0.05, 0) is 48.0 Å². The first-order valence-electron chi connectivity index (χ1n) is 10.4. The number of amides is 1. The van der Waals surface area contributed by atoms with Crippen LogP contribution < -0.4 is 4.90 Å². The summed E-state index contributed by atoms with van der Waals surface area (Å²) in [6.45, 7) is 2.68. The van der Waals surface area contributed by atoms with E-state index in [9.17, 15) is 9.18 Å². The predicted molar refractivity (Wildman–Crippen MR) is 121 cm³/mol. The molecule has 0 radical (unpaired) electrons. The van der Waals surface area contributed by atoms with Crippen LogP contribution in [-0.2, 0) is 6.42 Å². The van der Waals surface area contributed by atoms with Crippen molar-refractivity contribution in [2.75, 3.05) is 31.1 Å². The highest BCUT2D eigenvalue weighted by atomic mass is 32.1. The van der Waals surface area contributed by atoms with Crippen molar-refractivity contribution in [2.24, 2.45) is 0 Å². The van der Waals surface area contributed by atoms with E-state index in [-0.39, 0.29) is 11.7 Å². The summed E-state index contributed by atoms with van der Waals surface area (Å²) in [5.74, 6) is 0.514. The molecular weight excluding hydrogens is 427 g/mol. The maximum atomic E-state index is 13.1. The molecule has 9 heteroatoms. The Labute approximate surface area is 188 Å². The summed E-state index contributed by atoms with van der Waals surface area (Å²) in [5, 5.41) is 5.07. The van der Waals surface area contributed by atoms with Crippen LogP contribution >= 0.6 is 11.5 Å². The molecule has 5 rings (SSSR count). The molecular formula is C23H21FN6OS. The minimum Gasteiger partial charge on any atom is -0.343 e. The van der Waals surface area contributed by atoms with Gasteiger partial charge in [0.1, 0.15) is 11.6 Å². The summed E-state index contributed by atoms with van der Waals surface area (Å²) in [5.41, 5.74) is 2.57. The van der Waals surface area contributed by atoms with E-state index >= 15 is 0 Å². The van der Waals surface area contributed by atoms with Crippen molar-refractivity contribution in [3.05, 3.63) is 89.8 Å². The van der Waals surface area contributed by atoms with Gasteiger partial charge < -0.3 is 9.80 Å². The number of carbonyl (C=O) groups is 1. The Bertz CT molecular complexity index is 1180. The Morgan fingerprint density at radius 1 is 1.00 bits per heavy atom. The molecule has 0 unspecified atom stereocenters. The SMILES string of the molecule is O=C(c1ccc(-n2cccn2)cc1)N1CCN(c2nc(Cc3ccc(F)cc3)ns2)CC1. The summed E-state index contributed by atoms with van der Waals surface area (Å²) in [6, 6.07) is 15.8. The number of benzene rings is 2. The molecule has 7 nitrogen and oxygen atoms in total. The first-order chi connectivity index (χ1) is 15.7. The third-order valence-corrected chi connectivity index (χ3v) is 6.27. The standard InChI is InChI=1S/C23H21FN6OS/c24-19-6-2-17(3-7-19)16-21-26-23(32-27-21)29-14-12-28(13-15-29)22(31)18-4-8-20(9-5-18)30-11-1-10-25-30/h1-11H,12-16H2. The highest BCUT2D eigenvalue weighted by Crippen LogP contribution is 2.21. The molecule has 1 aliphatic heterocycles. The van der Waals surface area contributed by atoms with E-state index in [1.807, 2.05) is 41.4 Å². The third kappa shape index (κ3) is 4.38. The monoisotopic (exact) mass is 448 g/mol. The Hall–Kier alpha value is -3.59. The van der Waals surface area contributed by atoms with Gasteiger partial charge >= 0.3 is 0 Å². The van der Waals surface area contributed by atoms with Crippen molar-refractivity contribution in [1.82, 2.24) is 24.0 Å². The lowest BCUT2D eigenvalue weighted by Gasteiger charge is -2.34. The molecule has 0 spiro atoms. The molecule has 4 aromatic rings. The summed E-state index contributed by atoms with van der Waals surface area (Å²) >= 11 is 1.36. The second kappa shape index (κ2) is 8.88. The summed E-state index contributed by atoms with van der Waals surface area (Å²) < 4.78 is 19.3. The molecule has 162 valence electrons. The Kier molecular flexibility index (Phi) is 5.64. The van der Waals surface area contributed by atoms with Crippen LogP contribution in [-0.4, -0.2) is 56.1 Å². The smallest absolute Gasteiger partial charge is 0.253 e. The fraction of sp³-hybridized carbons (Fsp3) is 0.217. The second-order valence-corrected chi connectivity index (χ2v) is 8.30. The van der Waals surface area contributed by atoms with E-state index in [0.29, 0.717) is 38.2 Å². The van der Waals surface area contributed by atoms with Gasteiger partial charge in [-0.2, -0.15) is 9.47 Å². The van der Waals surface area contributed by atoms with Crippen LogP contribution in [0.5, 0.6) is 0 Å². The van der Waals surface area contributed by atoms with Gasteiger partial charge in [0.2, 0.25) is 5.13 Å². The van der Waals surface area contributed by atoms with Gasteiger partial charge in [-0.3, -0.25) is 4.79 Å². The highest BCUT2D eigenvalue weighted by Gasteiger charge is 2.24. The van der Waals surface area contributed by atoms with E-state index in [1.165, 1.54) is 23.7 Å². The molecule has 2 aromatic carbocycles. The topological polar surface area (TPSA) is 67.2 Å². The van der Waals surface area contributed by atoms with Crippen LogP contribution in [0.4, 0.5) is 9.52 Å². The number of halogens is 1. The molecule has 0 aliphatic carbocycles. The second-order valence-electron chi connectivity index (χ2n) is 7.57. The molecule has 0 atom stereocenters. The van der Waals surface area contributed by atoms with Crippen molar-refractivity contribution in [1.29, 1.82) is 0 Å². The molecule has 1 amide bonds. The number of carbonyl (C=O) groups excluding carboxylic acids is 1. The number of piperazine rings is 1. The van der Waals surface area contributed by atoms with E-state index in [2.05, 4.69) is 19.4 Å². The average Bonchev–Trinajstić information content (AvgIpc) is 3.53. The van der Waals surface area contributed by atoms with Gasteiger partial charge in [0, 0.05) is 62.1 Å². The van der Waals surface area contributed by atoms with Gasteiger partial charge in [-0.15, -0.1) is 0 Å². The van der Waals surface area contributed by atoms with Gasteiger partial charge in [0.25, 0.3) is 5.91 Å². The van der Waals surface area contributed by atoms with Crippen LogP contribution in [0, 0.1) is 5.82 Å². The predicted octanol–water partition coefficient (Wildman–Crippen LogP) is 3.42. The normalized spacial score (nSPS) is 14.0. The quantitative estimate of drug-likeness (QED) is 0.468. The highest BCUT2D eigenvalue weighted by molar-refractivity contribution is 7.09. The molecule has 1 saturated heterocycles. The number of aromatic nitrogens is 4. The van der Waals surface area contributed by atoms with Crippen molar-refractivity contribution in [3.63, 3.8) is 0 Å². The van der Waals surface area contributed by atoms with Crippen LogP contribution in [0.3, 0.4) is 0 Å². The molecule has 3 heterocycles. The van der Waals surface area contributed by atoms with Crippen LogP contribution in [0.15, 0.2) is 67.0 Å². The zero-order valence-electron chi connectivity index (χ0n) is 17.3. The minimum absolute atomic E-state index is 0.0333. The van der Waals surface area contributed by atoms with Crippen LogP contribution in [0.1, 0.15) is 21.7 Å². The molecule has 2 aromatic heterocycles. The Morgan fingerprint density at radius 2 is 1.75 bits per heavy atom. The minimum atomic E-state index is -0.248. The average molecular weight is 449 g/mol. The van der Waals surface area contributed by atoms with Gasteiger partial charge in [0.15, 0.2) is 0 Å². The van der Waals surface area contributed by atoms with Crippen molar-refractivity contribution in [3.8, 4) is 5.69 Å². The van der Waals surface area contributed by atoms with E-state index in [4.69, 9.17) is 0 Å².